The first-order valence-electron chi connectivity index (χ1n) is 3.20. The molecule has 0 unspecified atom stereocenters. The van der Waals surface area contributed by atoms with Crippen molar-refractivity contribution in [1.29, 1.82) is 0 Å². The standard InChI is InChI=1S/C7H5Cl2O3S/c8-7(9)12-13(10,11)6-4-2-1-3-5-6/h1-5H. The first-order chi connectivity index (χ1) is 6.02. The van der Waals surface area contributed by atoms with Crippen molar-refractivity contribution in [3.05, 3.63) is 35.4 Å². The van der Waals surface area contributed by atoms with E-state index in [9.17, 15) is 8.42 Å². The Morgan fingerprint density at radius 3 is 2.15 bits per heavy atom. The second-order valence-corrected chi connectivity index (χ2v) is 4.50. The molecule has 6 heteroatoms. The quantitative estimate of drug-likeness (QED) is 0.761. The fraction of sp³-hybridized carbons (Fsp3) is 0. The molecular formula is C7H5Cl2O3S. The lowest BCUT2D eigenvalue weighted by Gasteiger charge is -2.03. The third-order valence-electron chi connectivity index (χ3n) is 1.20. The fourth-order valence-corrected chi connectivity index (χ4v) is 1.97. The molecule has 1 rings (SSSR count). The predicted octanol–water partition coefficient (Wildman–Crippen LogP) is 2.32. The van der Waals surface area contributed by atoms with E-state index in [1.807, 2.05) is 0 Å². The van der Waals surface area contributed by atoms with Crippen LogP contribution >= 0.6 is 23.2 Å². The molecule has 71 valence electrons. The van der Waals surface area contributed by atoms with Gasteiger partial charge in [-0.15, -0.1) is 0 Å². The molecule has 0 saturated heterocycles. The van der Waals surface area contributed by atoms with E-state index in [0.29, 0.717) is 0 Å². The topological polar surface area (TPSA) is 43.4 Å². The molecule has 3 nitrogen and oxygen atoms in total. The summed E-state index contributed by atoms with van der Waals surface area (Å²) in [7, 11) is -3.86. The number of halogens is 2. The van der Waals surface area contributed by atoms with Crippen molar-refractivity contribution in [1.82, 2.24) is 0 Å². The summed E-state index contributed by atoms with van der Waals surface area (Å²) in [6.45, 7) is 0. The van der Waals surface area contributed by atoms with Crippen LogP contribution in [0.25, 0.3) is 0 Å². The summed E-state index contributed by atoms with van der Waals surface area (Å²) >= 11 is 10.2. The maximum absolute atomic E-state index is 11.2. The van der Waals surface area contributed by atoms with Gasteiger partial charge in [0.15, 0.2) is 0 Å². The molecule has 13 heavy (non-hydrogen) atoms. The van der Waals surface area contributed by atoms with Crippen molar-refractivity contribution in [3.63, 3.8) is 0 Å². The van der Waals surface area contributed by atoms with Gasteiger partial charge in [-0.25, -0.2) is 4.18 Å². The van der Waals surface area contributed by atoms with Gasteiger partial charge < -0.3 is 0 Å². The average Bonchev–Trinajstić information content (AvgIpc) is 2.04. The van der Waals surface area contributed by atoms with Crippen LogP contribution in [0.3, 0.4) is 0 Å². The minimum atomic E-state index is -3.86. The summed E-state index contributed by atoms with van der Waals surface area (Å²) in [6, 6.07) is 7.58. The third-order valence-corrected chi connectivity index (χ3v) is 2.78. The van der Waals surface area contributed by atoms with Gasteiger partial charge in [0.1, 0.15) is 0 Å². The maximum atomic E-state index is 11.2. The molecule has 0 atom stereocenters. The monoisotopic (exact) mass is 239 g/mol. The van der Waals surface area contributed by atoms with Crippen LogP contribution in [0.4, 0.5) is 0 Å². The summed E-state index contributed by atoms with van der Waals surface area (Å²) in [5.41, 5.74) is 0. The van der Waals surface area contributed by atoms with Crippen molar-refractivity contribution in [3.8, 4) is 0 Å². The molecule has 0 spiro atoms. The number of hydrogen-bond donors (Lipinski definition) is 0. The summed E-state index contributed by atoms with van der Waals surface area (Å²) < 4.78 is 26.7. The van der Waals surface area contributed by atoms with Crippen LogP contribution in [-0.4, -0.2) is 8.42 Å². The Hall–Kier alpha value is -0.290. The van der Waals surface area contributed by atoms with E-state index in [-0.39, 0.29) is 4.90 Å². The van der Waals surface area contributed by atoms with Gasteiger partial charge in [0, 0.05) is 0 Å². The van der Waals surface area contributed by atoms with Gasteiger partial charge in [0.2, 0.25) is 0 Å². The third kappa shape index (κ3) is 3.15. The van der Waals surface area contributed by atoms with Crippen LogP contribution in [0.1, 0.15) is 0 Å². The minimum Gasteiger partial charge on any atom is -0.221 e. The van der Waals surface area contributed by atoms with Gasteiger partial charge in [-0.1, -0.05) is 41.4 Å². The van der Waals surface area contributed by atoms with E-state index < -0.39 is 15.1 Å². The molecule has 1 aromatic carbocycles. The van der Waals surface area contributed by atoms with Crippen molar-refractivity contribution in [2.45, 2.75) is 4.90 Å². The molecule has 0 aromatic heterocycles. The van der Waals surface area contributed by atoms with Crippen LogP contribution in [0.2, 0.25) is 0 Å². The molecule has 0 saturated carbocycles. The molecule has 0 aliphatic carbocycles. The SMILES string of the molecule is O=S(=O)(O[C](Cl)Cl)c1ccccc1. The van der Waals surface area contributed by atoms with Gasteiger partial charge in [-0.3, -0.25) is 0 Å². The van der Waals surface area contributed by atoms with Crippen molar-refractivity contribution < 1.29 is 12.6 Å². The Balaban J connectivity index is 2.96. The minimum absolute atomic E-state index is 0.00815. The Morgan fingerprint density at radius 1 is 1.15 bits per heavy atom. The zero-order valence-electron chi connectivity index (χ0n) is 6.28. The van der Waals surface area contributed by atoms with Crippen molar-refractivity contribution >= 4 is 33.3 Å². The van der Waals surface area contributed by atoms with E-state index in [0.717, 1.165) is 0 Å². The highest BCUT2D eigenvalue weighted by Crippen LogP contribution is 2.21. The molecule has 0 fully saturated rings. The zero-order valence-corrected chi connectivity index (χ0v) is 8.60. The Morgan fingerprint density at radius 2 is 1.69 bits per heavy atom. The second kappa shape index (κ2) is 4.28. The lowest BCUT2D eigenvalue weighted by molar-refractivity contribution is 0.410. The Bertz CT molecular complexity index is 361. The lowest BCUT2D eigenvalue weighted by atomic mass is 10.4. The first-order valence-corrected chi connectivity index (χ1v) is 5.36. The summed E-state index contributed by atoms with van der Waals surface area (Å²) in [4.78, 5) is 0.00815. The van der Waals surface area contributed by atoms with Crippen LogP contribution in [-0.2, 0) is 14.3 Å². The normalized spacial score (nSPS) is 11.9. The smallest absolute Gasteiger partial charge is 0.221 e. The van der Waals surface area contributed by atoms with Crippen LogP contribution < -0.4 is 0 Å². The molecular weight excluding hydrogens is 235 g/mol. The summed E-state index contributed by atoms with van der Waals surface area (Å²) in [5.74, 6) is 0. The predicted molar refractivity (Wildman–Crippen MR) is 49.7 cm³/mol. The number of benzene rings is 1. The largest absolute Gasteiger partial charge is 0.300 e. The summed E-state index contributed by atoms with van der Waals surface area (Å²) in [5, 5.41) is -0.649. The van der Waals surface area contributed by atoms with Gasteiger partial charge in [0.05, 0.1) is 4.90 Å². The van der Waals surface area contributed by atoms with E-state index >= 15 is 0 Å². The molecule has 1 radical (unpaired) electrons. The Labute approximate surface area is 86.4 Å². The highest BCUT2D eigenvalue weighted by atomic mass is 35.5. The first kappa shape index (κ1) is 10.8. The van der Waals surface area contributed by atoms with Gasteiger partial charge in [0.25, 0.3) is 15.1 Å². The van der Waals surface area contributed by atoms with Gasteiger partial charge >= 0.3 is 0 Å². The van der Waals surface area contributed by atoms with Crippen molar-refractivity contribution in [2.24, 2.45) is 0 Å². The Kier molecular flexibility index (Phi) is 3.55. The highest BCUT2D eigenvalue weighted by molar-refractivity contribution is 7.87. The molecule has 1 aromatic rings. The van der Waals surface area contributed by atoms with Gasteiger partial charge in [-0.2, -0.15) is 8.42 Å². The molecule has 0 N–H and O–H groups in total. The fourth-order valence-electron chi connectivity index (χ4n) is 0.718. The molecule has 0 aliphatic heterocycles. The highest BCUT2D eigenvalue weighted by Gasteiger charge is 2.19. The average molecular weight is 240 g/mol. The molecule has 0 heterocycles. The zero-order chi connectivity index (χ0) is 9.90. The number of rotatable bonds is 3. The van der Waals surface area contributed by atoms with Gasteiger partial charge in [-0.05, 0) is 12.1 Å². The van der Waals surface area contributed by atoms with E-state index in [1.54, 1.807) is 18.2 Å². The molecule has 0 amide bonds. The van der Waals surface area contributed by atoms with Crippen LogP contribution in [0.15, 0.2) is 35.2 Å². The maximum Gasteiger partial charge on any atom is 0.300 e. The van der Waals surface area contributed by atoms with Crippen molar-refractivity contribution in [2.75, 3.05) is 0 Å². The van der Waals surface area contributed by atoms with Crippen LogP contribution in [0.5, 0.6) is 0 Å². The molecule has 0 bridgehead atoms. The van der Waals surface area contributed by atoms with E-state index in [1.165, 1.54) is 12.1 Å². The summed E-state index contributed by atoms with van der Waals surface area (Å²) in [6.07, 6.45) is 0. The van der Waals surface area contributed by atoms with Crippen LogP contribution in [0, 0.1) is 5.02 Å². The molecule has 0 aliphatic rings. The second-order valence-electron chi connectivity index (χ2n) is 2.08. The lowest BCUT2D eigenvalue weighted by Crippen LogP contribution is -2.05. The van der Waals surface area contributed by atoms with E-state index in [4.69, 9.17) is 23.2 Å². The number of hydrogen-bond acceptors (Lipinski definition) is 3. The van der Waals surface area contributed by atoms with E-state index in [2.05, 4.69) is 4.18 Å².